The number of nitrogens with zero attached hydrogens (tertiary/aromatic N) is 3. The number of alkyl halides is 3. The van der Waals surface area contributed by atoms with E-state index >= 15 is 0 Å². The summed E-state index contributed by atoms with van der Waals surface area (Å²) in [5.41, 5.74) is 7.16. The number of aromatic nitrogens is 2. The van der Waals surface area contributed by atoms with Gasteiger partial charge < -0.3 is 15.8 Å². The van der Waals surface area contributed by atoms with Crippen molar-refractivity contribution in [1.82, 2.24) is 14.9 Å². The van der Waals surface area contributed by atoms with E-state index in [1.807, 2.05) is 24.3 Å². The molecule has 6 nitrogen and oxygen atoms in total. The maximum absolute atomic E-state index is 13.2. The third-order valence-electron chi connectivity index (χ3n) is 5.70. The molecule has 0 unspecified atom stereocenters. The van der Waals surface area contributed by atoms with E-state index in [1.165, 1.54) is 25.0 Å². The number of rotatable bonds is 7. The van der Waals surface area contributed by atoms with Crippen molar-refractivity contribution in [2.75, 3.05) is 37.3 Å². The lowest BCUT2D eigenvalue weighted by Crippen LogP contribution is -2.25. The van der Waals surface area contributed by atoms with Crippen LogP contribution >= 0.6 is 11.6 Å². The summed E-state index contributed by atoms with van der Waals surface area (Å²) < 4.78 is 45.5. The highest BCUT2D eigenvalue weighted by molar-refractivity contribution is 6.31. The van der Waals surface area contributed by atoms with E-state index in [4.69, 9.17) is 22.1 Å². The summed E-state index contributed by atoms with van der Waals surface area (Å²) in [6.07, 6.45) is -2.08. The highest BCUT2D eigenvalue weighted by Crippen LogP contribution is 2.37. The van der Waals surface area contributed by atoms with Gasteiger partial charge in [-0.25, -0.2) is 4.98 Å². The van der Waals surface area contributed by atoms with Crippen LogP contribution in [0, 0.1) is 6.92 Å². The van der Waals surface area contributed by atoms with Crippen LogP contribution in [0.25, 0.3) is 11.3 Å². The van der Waals surface area contributed by atoms with Crippen LogP contribution in [0.15, 0.2) is 42.5 Å². The smallest absolute Gasteiger partial charge is 0.417 e. The first-order valence-electron chi connectivity index (χ1n) is 10.9. The fourth-order valence-corrected chi connectivity index (χ4v) is 4.13. The third kappa shape index (κ3) is 5.71. The number of nitrogens with one attached hydrogen (secondary N) is 1. The van der Waals surface area contributed by atoms with Crippen LogP contribution in [0.5, 0.6) is 5.75 Å². The Balaban J connectivity index is 1.51. The third-order valence-corrected chi connectivity index (χ3v) is 6.03. The second kappa shape index (κ2) is 10.1. The maximum atomic E-state index is 13.2. The fraction of sp³-hybridized carbons (Fsp3) is 0.333. The van der Waals surface area contributed by atoms with Crippen LogP contribution in [0.3, 0.4) is 0 Å². The summed E-state index contributed by atoms with van der Waals surface area (Å²) in [6.45, 7) is 5.55. The highest BCUT2D eigenvalue weighted by atomic mass is 35.5. The summed E-state index contributed by atoms with van der Waals surface area (Å²) in [5, 5.41) is 2.54. The van der Waals surface area contributed by atoms with Gasteiger partial charge in [-0.2, -0.15) is 18.2 Å². The molecule has 1 saturated heterocycles. The largest absolute Gasteiger partial charge is 0.492 e. The van der Waals surface area contributed by atoms with E-state index in [1.54, 1.807) is 6.92 Å². The second-order valence-electron chi connectivity index (χ2n) is 8.14. The molecule has 10 heteroatoms. The molecule has 1 aliphatic rings. The number of hydrogen-bond acceptors (Lipinski definition) is 6. The highest BCUT2D eigenvalue weighted by Gasteiger charge is 2.33. The van der Waals surface area contributed by atoms with Crippen molar-refractivity contribution in [2.45, 2.75) is 25.9 Å². The van der Waals surface area contributed by atoms with Gasteiger partial charge in [0.1, 0.15) is 18.2 Å². The second-order valence-corrected chi connectivity index (χ2v) is 8.55. The predicted molar refractivity (Wildman–Crippen MR) is 128 cm³/mol. The van der Waals surface area contributed by atoms with E-state index in [0.29, 0.717) is 23.7 Å². The van der Waals surface area contributed by atoms with Crippen molar-refractivity contribution in [2.24, 2.45) is 0 Å². The lowest BCUT2D eigenvalue weighted by atomic mass is 10.1. The van der Waals surface area contributed by atoms with Crippen LogP contribution in [0.4, 0.5) is 30.6 Å². The summed E-state index contributed by atoms with van der Waals surface area (Å²) >= 11 is 5.72. The van der Waals surface area contributed by atoms with Crippen LogP contribution < -0.4 is 15.8 Å². The Bertz CT molecular complexity index is 1150. The maximum Gasteiger partial charge on any atom is 0.417 e. The Labute approximate surface area is 200 Å². The molecule has 0 atom stereocenters. The lowest BCUT2D eigenvalue weighted by molar-refractivity contribution is -0.137. The summed E-state index contributed by atoms with van der Waals surface area (Å²) in [4.78, 5) is 10.9. The zero-order chi connectivity index (χ0) is 24.3. The van der Waals surface area contributed by atoms with Crippen LogP contribution in [-0.2, 0) is 6.18 Å². The van der Waals surface area contributed by atoms with E-state index in [2.05, 4.69) is 20.2 Å². The van der Waals surface area contributed by atoms with Gasteiger partial charge in [0.05, 0.1) is 16.3 Å². The van der Waals surface area contributed by atoms with Gasteiger partial charge >= 0.3 is 6.18 Å². The molecule has 0 radical (unpaired) electrons. The molecule has 0 aliphatic carbocycles. The molecule has 0 bridgehead atoms. The summed E-state index contributed by atoms with van der Waals surface area (Å²) in [6, 6.07) is 11.0. The standard InChI is InChI=1S/C24H25ClF3N5O/c1-15-21(16-4-7-18(8-5-16)34-13-12-33-10-2-3-11-33)31-23(29)32-22(15)30-17-6-9-20(25)19(14-17)24(26,27)28/h4-9,14H,2-3,10-13H2,1H3,(H3,29,30,31,32). The summed E-state index contributed by atoms with van der Waals surface area (Å²) in [7, 11) is 0. The minimum atomic E-state index is -4.57. The number of halogens is 4. The number of nitrogens with two attached hydrogens (primary N) is 1. The number of hydrogen-bond donors (Lipinski definition) is 2. The van der Waals surface area contributed by atoms with Crippen molar-refractivity contribution in [3.05, 3.63) is 58.6 Å². The van der Waals surface area contributed by atoms with Crippen LogP contribution in [-0.4, -0.2) is 41.1 Å². The van der Waals surface area contributed by atoms with E-state index in [9.17, 15) is 13.2 Å². The lowest BCUT2D eigenvalue weighted by Gasteiger charge is -2.16. The van der Waals surface area contributed by atoms with E-state index < -0.39 is 11.7 Å². The molecule has 1 aromatic heterocycles. The van der Waals surface area contributed by atoms with Gasteiger partial charge in [-0.05, 0) is 75.3 Å². The molecule has 180 valence electrons. The fourth-order valence-electron chi connectivity index (χ4n) is 3.90. The first-order valence-corrected chi connectivity index (χ1v) is 11.3. The number of ether oxygens (including phenoxy) is 1. The molecular weight excluding hydrogens is 467 g/mol. The number of nitrogen functional groups attached to an aromatic ring is 1. The Hall–Kier alpha value is -3.04. The van der Waals surface area contributed by atoms with Gasteiger partial charge in [-0.3, -0.25) is 4.90 Å². The van der Waals surface area contributed by atoms with Crippen molar-refractivity contribution in [1.29, 1.82) is 0 Å². The van der Waals surface area contributed by atoms with E-state index in [-0.39, 0.29) is 16.7 Å². The molecular formula is C24H25ClF3N5O. The summed E-state index contributed by atoms with van der Waals surface area (Å²) in [5.74, 6) is 1.06. The molecule has 3 N–H and O–H groups in total. The molecule has 34 heavy (non-hydrogen) atoms. The molecule has 4 rings (SSSR count). The Morgan fingerprint density at radius 1 is 1.09 bits per heavy atom. The van der Waals surface area contributed by atoms with Crippen molar-refractivity contribution >= 4 is 29.1 Å². The van der Waals surface area contributed by atoms with Gasteiger partial charge in [0.2, 0.25) is 5.95 Å². The molecule has 0 spiro atoms. The minimum absolute atomic E-state index is 0.000881. The van der Waals surface area contributed by atoms with Gasteiger partial charge in [-0.1, -0.05) is 11.6 Å². The van der Waals surface area contributed by atoms with Crippen molar-refractivity contribution in [3.8, 4) is 17.0 Å². The van der Waals surface area contributed by atoms with Crippen molar-refractivity contribution < 1.29 is 17.9 Å². The molecule has 1 fully saturated rings. The SMILES string of the molecule is Cc1c(Nc2ccc(Cl)c(C(F)(F)F)c2)nc(N)nc1-c1ccc(OCCN2CCCC2)cc1. The minimum Gasteiger partial charge on any atom is -0.492 e. The van der Waals surface area contributed by atoms with Gasteiger partial charge in [0.25, 0.3) is 0 Å². The predicted octanol–water partition coefficient (Wildman–Crippen LogP) is 5.92. The Kier molecular flexibility index (Phi) is 7.13. The van der Waals surface area contributed by atoms with Crippen LogP contribution in [0.1, 0.15) is 24.0 Å². The molecule has 1 aliphatic heterocycles. The van der Waals surface area contributed by atoms with Crippen molar-refractivity contribution in [3.63, 3.8) is 0 Å². The van der Waals surface area contributed by atoms with Gasteiger partial charge in [0.15, 0.2) is 0 Å². The number of anilines is 3. The monoisotopic (exact) mass is 491 g/mol. The van der Waals surface area contributed by atoms with Crippen LogP contribution in [0.2, 0.25) is 5.02 Å². The first kappa shape index (κ1) is 24.1. The normalized spacial score (nSPS) is 14.4. The Morgan fingerprint density at radius 2 is 1.79 bits per heavy atom. The molecule has 2 heterocycles. The Morgan fingerprint density at radius 3 is 2.47 bits per heavy atom. The molecule has 3 aromatic rings. The van der Waals surface area contributed by atoms with Gasteiger partial charge in [0, 0.05) is 23.4 Å². The average Bonchev–Trinajstić information content (AvgIpc) is 3.31. The molecule has 2 aromatic carbocycles. The number of benzene rings is 2. The molecule has 0 amide bonds. The zero-order valence-corrected chi connectivity index (χ0v) is 19.4. The van der Waals surface area contributed by atoms with E-state index in [0.717, 1.165) is 37.0 Å². The quantitative estimate of drug-likeness (QED) is 0.427. The first-order chi connectivity index (χ1) is 16.2. The number of likely N-dealkylation sites (tertiary alicyclic amines) is 1. The van der Waals surface area contributed by atoms with Gasteiger partial charge in [-0.15, -0.1) is 0 Å². The topological polar surface area (TPSA) is 76.3 Å². The zero-order valence-electron chi connectivity index (χ0n) is 18.6. The average molecular weight is 492 g/mol. The molecule has 0 saturated carbocycles.